The molecule has 1 rings (SSSR count). The number of aldehydes is 1. The molecule has 0 bridgehead atoms. The highest BCUT2D eigenvalue weighted by atomic mass is 16.3. The van der Waals surface area contributed by atoms with Crippen LogP contribution in [0.25, 0.3) is 0 Å². The minimum atomic E-state index is -0.781. The average Bonchev–Trinajstić information content (AvgIpc) is 2.94. The molecule has 0 radical (unpaired) electrons. The van der Waals surface area contributed by atoms with Crippen LogP contribution in [0.5, 0.6) is 0 Å². The van der Waals surface area contributed by atoms with E-state index in [1.54, 1.807) is 9.80 Å². The third-order valence-corrected chi connectivity index (χ3v) is 9.30. The van der Waals surface area contributed by atoms with Gasteiger partial charge in [0, 0.05) is 38.1 Å². The van der Waals surface area contributed by atoms with E-state index in [1.807, 2.05) is 55.5 Å². The second-order valence-electron chi connectivity index (χ2n) is 15.5. The highest BCUT2D eigenvalue weighted by Gasteiger charge is 2.37. The van der Waals surface area contributed by atoms with Crippen LogP contribution in [0.1, 0.15) is 127 Å². The predicted molar refractivity (Wildman–Crippen MR) is 182 cm³/mol. The van der Waals surface area contributed by atoms with Crippen molar-refractivity contribution >= 4 is 24.1 Å². The fourth-order valence-corrected chi connectivity index (χ4v) is 6.03. The van der Waals surface area contributed by atoms with Crippen LogP contribution in [0.15, 0.2) is 0 Å². The summed E-state index contributed by atoms with van der Waals surface area (Å²) >= 11 is 0. The van der Waals surface area contributed by atoms with E-state index in [0.29, 0.717) is 32.5 Å². The van der Waals surface area contributed by atoms with Crippen LogP contribution in [0.3, 0.4) is 0 Å². The van der Waals surface area contributed by atoms with Gasteiger partial charge in [0.2, 0.25) is 11.8 Å². The summed E-state index contributed by atoms with van der Waals surface area (Å²) in [6, 6.07) is -1.36. The molecule has 1 aliphatic rings. The second kappa shape index (κ2) is 19.5. The fourth-order valence-electron chi connectivity index (χ4n) is 6.03. The number of aliphatic hydroxyl groups excluding tert-OH is 1. The van der Waals surface area contributed by atoms with Gasteiger partial charge >= 0.3 is 6.03 Å². The summed E-state index contributed by atoms with van der Waals surface area (Å²) in [5.41, 5.74) is -0.681. The topological polar surface area (TPSA) is 131 Å². The van der Waals surface area contributed by atoms with Crippen molar-refractivity contribution in [1.82, 2.24) is 25.8 Å². The van der Waals surface area contributed by atoms with E-state index < -0.39 is 18.3 Å². The van der Waals surface area contributed by atoms with Crippen molar-refractivity contribution in [3.8, 4) is 0 Å². The van der Waals surface area contributed by atoms with Crippen molar-refractivity contribution in [2.45, 2.75) is 151 Å². The number of likely N-dealkylation sites (tertiary alicyclic amines) is 1. The molecule has 262 valence electrons. The Labute approximate surface area is 274 Å². The molecular formula is C35H67N5O5. The lowest BCUT2D eigenvalue weighted by Gasteiger charge is -2.39. The molecular weight excluding hydrogens is 570 g/mol. The van der Waals surface area contributed by atoms with Crippen molar-refractivity contribution in [2.24, 2.45) is 22.7 Å². The Morgan fingerprint density at radius 2 is 1.67 bits per heavy atom. The van der Waals surface area contributed by atoms with Crippen LogP contribution in [0, 0.1) is 22.7 Å². The molecule has 10 heteroatoms. The van der Waals surface area contributed by atoms with Crippen molar-refractivity contribution in [2.75, 3.05) is 26.7 Å². The first-order chi connectivity index (χ1) is 20.9. The number of nitrogens with one attached hydrogen (secondary N) is 3. The summed E-state index contributed by atoms with van der Waals surface area (Å²) in [6.45, 7) is 19.6. The quantitative estimate of drug-likeness (QED) is 0.0888. The van der Waals surface area contributed by atoms with Gasteiger partial charge in [-0.25, -0.2) is 4.79 Å². The molecule has 1 heterocycles. The molecule has 0 aliphatic carbocycles. The summed E-state index contributed by atoms with van der Waals surface area (Å²) in [5.74, 6) is -0.465. The maximum Gasteiger partial charge on any atom is 0.315 e. The van der Waals surface area contributed by atoms with Crippen molar-refractivity contribution < 1.29 is 24.3 Å². The molecule has 6 unspecified atom stereocenters. The first-order valence-electron chi connectivity index (χ1n) is 17.4. The average molecular weight is 638 g/mol. The molecule has 45 heavy (non-hydrogen) atoms. The maximum atomic E-state index is 14.0. The Bertz CT molecular complexity index is 921. The molecule has 0 saturated carbocycles. The van der Waals surface area contributed by atoms with Crippen LogP contribution in [-0.2, 0) is 14.4 Å². The van der Waals surface area contributed by atoms with E-state index in [1.165, 1.54) is 0 Å². The minimum Gasteiger partial charge on any atom is -0.378 e. The van der Waals surface area contributed by atoms with Crippen LogP contribution < -0.4 is 16.0 Å². The first-order valence-corrected chi connectivity index (χ1v) is 17.4. The Hall–Kier alpha value is -2.20. The van der Waals surface area contributed by atoms with Crippen LogP contribution in [0.2, 0.25) is 0 Å². The molecule has 6 atom stereocenters. The standard InChI is InChI=1S/C35H67N5O5/c1-11-13-14-17-25(3)30(32(44)40-20-15-18-27(23-40)31(43)36-26(4)16-12-2)38-33(45)37-28(34(5,6)7)24-39(10)29(42)22-35(8,9)19-21-41/h21,25-30,42H,11-20,22-24H2,1-10H3,(H,36,43)(H2,37,38,45). The number of aliphatic hydroxyl groups is 1. The second-order valence-corrected chi connectivity index (χ2v) is 15.5. The van der Waals surface area contributed by atoms with Crippen LogP contribution in [0.4, 0.5) is 4.79 Å². The Balaban J connectivity index is 3.06. The van der Waals surface area contributed by atoms with E-state index in [-0.39, 0.29) is 46.6 Å². The van der Waals surface area contributed by atoms with Crippen LogP contribution in [-0.4, -0.2) is 90.1 Å². The number of piperidine rings is 1. The number of carbonyl (C=O) groups is 4. The highest BCUT2D eigenvalue weighted by molar-refractivity contribution is 5.88. The fraction of sp³-hybridized carbons (Fsp3) is 0.886. The van der Waals surface area contributed by atoms with Gasteiger partial charge in [0.1, 0.15) is 18.6 Å². The molecule has 0 aromatic carbocycles. The van der Waals surface area contributed by atoms with E-state index in [2.05, 4.69) is 29.8 Å². The Morgan fingerprint density at radius 1 is 1.00 bits per heavy atom. The summed E-state index contributed by atoms with van der Waals surface area (Å²) in [4.78, 5) is 55.2. The largest absolute Gasteiger partial charge is 0.378 e. The van der Waals surface area contributed by atoms with Gasteiger partial charge in [0.15, 0.2) is 0 Å². The number of carbonyl (C=O) groups excluding carboxylic acids is 4. The number of nitrogens with zero attached hydrogens (tertiary/aromatic N) is 2. The Kier molecular flexibility index (Phi) is 17.7. The predicted octanol–water partition coefficient (Wildman–Crippen LogP) is 5.08. The molecule has 10 nitrogen and oxygen atoms in total. The zero-order chi connectivity index (χ0) is 34.4. The van der Waals surface area contributed by atoms with Crippen molar-refractivity contribution in [3.63, 3.8) is 0 Å². The molecule has 0 aromatic heterocycles. The molecule has 4 amide bonds. The molecule has 0 spiro atoms. The van der Waals surface area contributed by atoms with Gasteiger partial charge in [-0.05, 0) is 62.8 Å². The van der Waals surface area contributed by atoms with Gasteiger partial charge in [-0.1, -0.05) is 81.1 Å². The molecule has 1 aliphatic heterocycles. The summed E-state index contributed by atoms with van der Waals surface area (Å²) in [5, 5.41) is 20.2. The number of unbranched alkanes of at least 4 members (excludes halogenated alkanes) is 2. The van der Waals surface area contributed by atoms with E-state index in [4.69, 9.17) is 0 Å². The highest BCUT2D eigenvalue weighted by Crippen LogP contribution is 2.28. The van der Waals surface area contributed by atoms with Gasteiger partial charge in [0.05, 0.1) is 5.92 Å². The maximum absolute atomic E-state index is 14.0. The summed E-state index contributed by atoms with van der Waals surface area (Å²) in [6.07, 6.45) is 8.19. The van der Waals surface area contributed by atoms with Gasteiger partial charge < -0.3 is 30.8 Å². The van der Waals surface area contributed by atoms with Gasteiger partial charge in [-0.3, -0.25) is 14.5 Å². The lowest BCUT2D eigenvalue weighted by atomic mass is 9.84. The third-order valence-electron chi connectivity index (χ3n) is 9.30. The zero-order valence-electron chi connectivity index (χ0n) is 30.2. The normalized spacial score (nSPS) is 19.3. The van der Waals surface area contributed by atoms with E-state index in [9.17, 15) is 24.3 Å². The number of hydrogen-bond acceptors (Lipinski definition) is 6. The summed E-state index contributed by atoms with van der Waals surface area (Å²) in [7, 11) is 1.81. The lowest BCUT2D eigenvalue weighted by molar-refractivity contribution is -0.138. The lowest BCUT2D eigenvalue weighted by Crippen LogP contribution is -2.60. The number of rotatable bonds is 19. The van der Waals surface area contributed by atoms with Crippen molar-refractivity contribution in [1.29, 1.82) is 0 Å². The SMILES string of the molecule is CCCCCC(C)C(NC(=O)NC(CN(C)C(O)CC(C)(C)CC=O)C(C)(C)C)C(=O)N1CCCC(C(=O)NC(C)CCC)C1. The molecule has 4 N–H and O–H groups in total. The molecule has 1 saturated heterocycles. The van der Waals surface area contributed by atoms with E-state index in [0.717, 1.165) is 57.7 Å². The Morgan fingerprint density at radius 3 is 2.24 bits per heavy atom. The third kappa shape index (κ3) is 14.8. The monoisotopic (exact) mass is 638 g/mol. The van der Waals surface area contributed by atoms with Gasteiger partial charge in [0.25, 0.3) is 0 Å². The summed E-state index contributed by atoms with van der Waals surface area (Å²) < 4.78 is 0. The first kappa shape index (κ1) is 40.8. The van der Waals surface area contributed by atoms with Gasteiger partial charge in [-0.15, -0.1) is 0 Å². The molecule has 1 fully saturated rings. The van der Waals surface area contributed by atoms with E-state index >= 15 is 0 Å². The number of hydrogen-bond donors (Lipinski definition) is 4. The smallest absolute Gasteiger partial charge is 0.315 e. The zero-order valence-corrected chi connectivity index (χ0v) is 30.2. The van der Waals surface area contributed by atoms with Crippen LogP contribution >= 0.6 is 0 Å². The minimum absolute atomic E-state index is 0.000527. The number of amides is 4. The number of likely N-dealkylation sites (N-methyl/N-ethyl adjacent to an activating group) is 1. The number of urea groups is 1. The van der Waals surface area contributed by atoms with Gasteiger partial charge in [-0.2, -0.15) is 0 Å². The van der Waals surface area contributed by atoms with Crippen molar-refractivity contribution in [3.05, 3.63) is 0 Å². The molecule has 0 aromatic rings.